The van der Waals surface area contributed by atoms with Gasteiger partial charge >= 0.3 is 11.9 Å². The third-order valence-corrected chi connectivity index (χ3v) is 6.82. The molecule has 2 aromatic carbocycles. The number of aliphatic carboxylic acids is 1. The maximum Gasteiger partial charge on any atom is 0.341 e. The molecule has 9 heteroatoms. The lowest BCUT2D eigenvalue weighted by atomic mass is 10.0. The molecule has 2 aromatic rings. The van der Waals surface area contributed by atoms with Crippen molar-refractivity contribution in [3.05, 3.63) is 52.6 Å². The number of aromatic carboxylic acids is 1. The van der Waals surface area contributed by atoms with Crippen LogP contribution >= 0.6 is 0 Å². The van der Waals surface area contributed by atoms with Crippen molar-refractivity contribution in [1.82, 2.24) is 0 Å². The lowest BCUT2D eigenvalue weighted by molar-refractivity contribution is -0.139. The summed E-state index contributed by atoms with van der Waals surface area (Å²) < 4.78 is 33.4. The van der Waals surface area contributed by atoms with E-state index in [2.05, 4.69) is 0 Å². The van der Waals surface area contributed by atoms with Gasteiger partial charge in [-0.05, 0) is 62.1 Å². The van der Waals surface area contributed by atoms with Gasteiger partial charge < -0.3 is 14.9 Å². The maximum absolute atomic E-state index is 13.4. The van der Waals surface area contributed by atoms with Crippen molar-refractivity contribution in [3.8, 4) is 5.75 Å². The van der Waals surface area contributed by atoms with Gasteiger partial charge in [-0.15, -0.1) is 0 Å². The summed E-state index contributed by atoms with van der Waals surface area (Å²) in [5, 5.41) is 18.1. The quantitative estimate of drug-likeness (QED) is 0.738. The Bertz CT molecular complexity index is 1090. The first kappa shape index (κ1) is 20.7. The molecule has 0 unspecified atom stereocenters. The van der Waals surface area contributed by atoms with Crippen LogP contribution in [0.25, 0.3) is 0 Å². The molecule has 1 heterocycles. The molecule has 3 rings (SSSR count). The highest BCUT2D eigenvalue weighted by Gasteiger charge is 2.31. The standard InChI is InChI=1S/C20H21NO7S/c1-12-5-8-17(13(2)19(12)28-11-18(22)23)29(26,27)21-9-3-4-14-10-15(20(24)25)6-7-16(14)21/h5-8,10H,3-4,9,11H2,1-2H3,(H,22,23)(H,24,25). The van der Waals surface area contributed by atoms with Crippen molar-refractivity contribution < 1.29 is 33.0 Å². The number of carboxylic acid groups (broad SMARTS) is 2. The molecular weight excluding hydrogens is 398 g/mol. The average Bonchev–Trinajstić information content (AvgIpc) is 2.66. The highest BCUT2D eigenvalue weighted by molar-refractivity contribution is 7.92. The average molecular weight is 419 g/mol. The number of aryl methyl sites for hydroxylation is 2. The molecule has 154 valence electrons. The molecule has 0 radical (unpaired) electrons. The van der Waals surface area contributed by atoms with Gasteiger partial charge in [-0.25, -0.2) is 18.0 Å². The summed E-state index contributed by atoms with van der Waals surface area (Å²) in [4.78, 5) is 22.1. The van der Waals surface area contributed by atoms with Gasteiger partial charge in [-0.3, -0.25) is 4.31 Å². The van der Waals surface area contributed by atoms with Crippen LogP contribution in [0.15, 0.2) is 35.2 Å². The van der Waals surface area contributed by atoms with Crippen molar-refractivity contribution >= 4 is 27.6 Å². The van der Waals surface area contributed by atoms with Gasteiger partial charge in [0.15, 0.2) is 6.61 Å². The normalized spacial score (nSPS) is 13.7. The van der Waals surface area contributed by atoms with Crippen LogP contribution in [0, 0.1) is 13.8 Å². The van der Waals surface area contributed by atoms with E-state index in [0.29, 0.717) is 35.2 Å². The first-order valence-corrected chi connectivity index (χ1v) is 10.4. The van der Waals surface area contributed by atoms with Crippen LogP contribution in [0.3, 0.4) is 0 Å². The number of rotatable bonds is 6. The predicted octanol–water partition coefficient (Wildman–Crippen LogP) is 2.61. The molecule has 29 heavy (non-hydrogen) atoms. The fraction of sp³-hybridized carbons (Fsp3) is 0.300. The number of hydrogen-bond acceptors (Lipinski definition) is 5. The Morgan fingerprint density at radius 3 is 2.52 bits per heavy atom. The van der Waals surface area contributed by atoms with E-state index in [4.69, 9.17) is 9.84 Å². The smallest absolute Gasteiger partial charge is 0.341 e. The Morgan fingerprint density at radius 1 is 1.14 bits per heavy atom. The number of carbonyl (C=O) groups is 2. The van der Waals surface area contributed by atoms with E-state index in [1.807, 2.05) is 0 Å². The molecule has 0 aromatic heterocycles. The van der Waals surface area contributed by atoms with Crippen LogP contribution in [0.1, 0.15) is 33.5 Å². The summed E-state index contributed by atoms with van der Waals surface area (Å²) in [5.74, 6) is -1.99. The van der Waals surface area contributed by atoms with Crippen LogP contribution in [0.4, 0.5) is 5.69 Å². The molecule has 0 saturated heterocycles. The first-order chi connectivity index (χ1) is 13.6. The van der Waals surface area contributed by atoms with Gasteiger partial charge in [0.2, 0.25) is 0 Å². The fourth-order valence-corrected chi connectivity index (χ4v) is 5.27. The highest BCUT2D eigenvalue weighted by Crippen LogP contribution is 2.36. The monoisotopic (exact) mass is 419 g/mol. The van der Waals surface area contributed by atoms with Crippen LogP contribution in [0.2, 0.25) is 0 Å². The Labute approximate surface area is 168 Å². The molecule has 0 saturated carbocycles. The molecule has 8 nitrogen and oxygen atoms in total. The van der Waals surface area contributed by atoms with Gasteiger partial charge in [-0.1, -0.05) is 6.07 Å². The van der Waals surface area contributed by atoms with Gasteiger partial charge in [0.1, 0.15) is 5.75 Å². The minimum absolute atomic E-state index is 0.0265. The molecule has 1 aliphatic rings. The lowest BCUT2D eigenvalue weighted by Crippen LogP contribution is -2.36. The molecule has 1 aliphatic heterocycles. The molecule has 2 N–H and O–H groups in total. The van der Waals surface area contributed by atoms with Gasteiger partial charge in [0.25, 0.3) is 10.0 Å². The van der Waals surface area contributed by atoms with Gasteiger partial charge in [0.05, 0.1) is 16.1 Å². The van der Waals surface area contributed by atoms with Crippen molar-refractivity contribution in [2.75, 3.05) is 17.5 Å². The van der Waals surface area contributed by atoms with Crippen LogP contribution in [-0.4, -0.2) is 43.7 Å². The van der Waals surface area contributed by atoms with E-state index < -0.39 is 28.6 Å². The second-order valence-electron chi connectivity index (χ2n) is 6.85. The van der Waals surface area contributed by atoms with Crippen molar-refractivity contribution in [2.45, 2.75) is 31.6 Å². The molecule has 0 spiro atoms. The van der Waals surface area contributed by atoms with E-state index in [-0.39, 0.29) is 22.8 Å². The maximum atomic E-state index is 13.4. The second kappa shape index (κ2) is 7.75. The van der Waals surface area contributed by atoms with Crippen LogP contribution in [0.5, 0.6) is 5.75 Å². The minimum atomic E-state index is -3.96. The lowest BCUT2D eigenvalue weighted by Gasteiger charge is -2.31. The number of hydrogen-bond donors (Lipinski definition) is 2. The first-order valence-electron chi connectivity index (χ1n) is 8.96. The van der Waals surface area contributed by atoms with Gasteiger partial charge in [-0.2, -0.15) is 0 Å². The van der Waals surface area contributed by atoms with E-state index in [1.165, 1.54) is 28.6 Å². The number of benzene rings is 2. The zero-order valence-corrected chi connectivity index (χ0v) is 16.8. The van der Waals surface area contributed by atoms with Crippen LogP contribution in [-0.2, 0) is 21.2 Å². The summed E-state index contributed by atoms with van der Waals surface area (Å²) >= 11 is 0. The third kappa shape index (κ3) is 3.91. The van der Waals surface area contributed by atoms with Crippen LogP contribution < -0.4 is 9.04 Å². The van der Waals surface area contributed by atoms with E-state index in [0.717, 1.165) is 0 Å². The highest BCUT2D eigenvalue weighted by atomic mass is 32.2. The van der Waals surface area contributed by atoms with Gasteiger partial charge in [0, 0.05) is 12.1 Å². The van der Waals surface area contributed by atoms with E-state index in [1.54, 1.807) is 19.9 Å². The zero-order valence-electron chi connectivity index (χ0n) is 16.0. The third-order valence-electron chi connectivity index (χ3n) is 4.86. The number of nitrogens with zero attached hydrogens (tertiary/aromatic N) is 1. The molecule has 0 fully saturated rings. The van der Waals surface area contributed by atoms with Crippen molar-refractivity contribution in [3.63, 3.8) is 0 Å². The molecule has 0 amide bonds. The summed E-state index contributed by atoms with van der Waals surface area (Å²) in [6.45, 7) is 2.98. The number of ether oxygens (including phenoxy) is 1. The second-order valence-corrected chi connectivity index (χ2v) is 8.68. The predicted molar refractivity (Wildman–Crippen MR) is 105 cm³/mol. The zero-order chi connectivity index (χ0) is 21.3. The number of fused-ring (bicyclic) bond motifs is 1. The summed E-state index contributed by atoms with van der Waals surface area (Å²) in [6.07, 6.45) is 1.14. The Kier molecular flexibility index (Phi) is 5.52. The number of sulfonamides is 1. The van der Waals surface area contributed by atoms with Crippen molar-refractivity contribution in [2.24, 2.45) is 0 Å². The number of carboxylic acids is 2. The summed E-state index contributed by atoms with van der Waals surface area (Å²) in [7, 11) is -3.96. The Balaban J connectivity index is 2.06. The molecule has 0 bridgehead atoms. The van der Waals surface area contributed by atoms with Crippen molar-refractivity contribution in [1.29, 1.82) is 0 Å². The van der Waals surface area contributed by atoms with E-state index in [9.17, 15) is 23.1 Å². The summed E-state index contributed by atoms with van der Waals surface area (Å²) in [6, 6.07) is 7.46. The Hall–Kier alpha value is -3.07. The number of anilines is 1. The fourth-order valence-electron chi connectivity index (χ4n) is 3.51. The largest absolute Gasteiger partial charge is 0.481 e. The summed E-state index contributed by atoms with van der Waals surface area (Å²) in [5.41, 5.74) is 2.19. The molecule has 0 aliphatic carbocycles. The van der Waals surface area contributed by atoms with E-state index >= 15 is 0 Å². The molecular formula is C20H21NO7S. The topological polar surface area (TPSA) is 121 Å². The molecule has 0 atom stereocenters. The Morgan fingerprint density at radius 2 is 1.86 bits per heavy atom. The minimum Gasteiger partial charge on any atom is -0.481 e. The SMILES string of the molecule is Cc1ccc(S(=O)(=O)N2CCCc3cc(C(=O)O)ccc32)c(C)c1OCC(=O)O.